The number of hydrogen-bond donors (Lipinski definition) is 1. The molecule has 4 heteroatoms. The van der Waals surface area contributed by atoms with Crippen LogP contribution in [0.2, 0.25) is 0 Å². The lowest BCUT2D eigenvalue weighted by Crippen LogP contribution is -2.18. The molecule has 1 unspecified atom stereocenters. The first-order valence-electron chi connectivity index (χ1n) is 6.49. The summed E-state index contributed by atoms with van der Waals surface area (Å²) in [6.45, 7) is 4.14. The predicted molar refractivity (Wildman–Crippen MR) is 81.2 cm³/mol. The van der Waals surface area contributed by atoms with Gasteiger partial charge < -0.3 is 5.73 Å². The van der Waals surface area contributed by atoms with Gasteiger partial charge in [-0.15, -0.1) is 11.8 Å². The summed E-state index contributed by atoms with van der Waals surface area (Å²) in [5.41, 5.74) is 7.84. The van der Waals surface area contributed by atoms with Crippen molar-refractivity contribution < 1.29 is 0 Å². The Morgan fingerprint density at radius 3 is 2.58 bits per heavy atom. The zero-order chi connectivity index (χ0) is 13.7. The van der Waals surface area contributed by atoms with Crippen molar-refractivity contribution in [2.24, 2.45) is 5.73 Å². The molecule has 3 nitrogen and oxygen atoms in total. The molecule has 2 N–H and O–H groups in total. The Hall–Kier alpha value is -1.39. The molecule has 0 bridgehead atoms. The lowest BCUT2D eigenvalue weighted by Gasteiger charge is -2.06. The van der Waals surface area contributed by atoms with Crippen LogP contribution >= 0.6 is 11.8 Å². The molecule has 1 aromatic heterocycles. The first-order chi connectivity index (χ1) is 9.19. The fourth-order valence-corrected chi connectivity index (χ4v) is 2.51. The van der Waals surface area contributed by atoms with Crippen LogP contribution in [0.15, 0.2) is 41.4 Å². The maximum Gasteiger partial charge on any atom is 0.159 e. The minimum Gasteiger partial charge on any atom is -0.328 e. The smallest absolute Gasteiger partial charge is 0.159 e. The second-order valence-corrected chi connectivity index (χ2v) is 5.85. The van der Waals surface area contributed by atoms with Gasteiger partial charge in [0.1, 0.15) is 0 Å². The predicted octanol–water partition coefficient (Wildman–Crippen LogP) is 3.15. The molecular weight excluding hydrogens is 254 g/mol. The second kappa shape index (κ2) is 6.68. The SMILES string of the molecule is CCSc1ccc(-c2nccc(CC(C)N)n2)cc1. The van der Waals surface area contributed by atoms with Crippen LogP contribution in [0.4, 0.5) is 0 Å². The van der Waals surface area contributed by atoms with Crippen molar-refractivity contribution in [1.29, 1.82) is 0 Å². The Morgan fingerprint density at radius 1 is 1.21 bits per heavy atom. The van der Waals surface area contributed by atoms with Gasteiger partial charge in [0.2, 0.25) is 0 Å². The summed E-state index contributed by atoms with van der Waals surface area (Å²) in [4.78, 5) is 10.2. The van der Waals surface area contributed by atoms with Crippen LogP contribution in [0.1, 0.15) is 19.5 Å². The molecule has 19 heavy (non-hydrogen) atoms. The fourth-order valence-electron chi connectivity index (χ4n) is 1.85. The summed E-state index contributed by atoms with van der Waals surface area (Å²) in [5, 5.41) is 0. The Balaban J connectivity index is 2.21. The molecule has 2 rings (SSSR count). The van der Waals surface area contributed by atoms with Gasteiger partial charge in [-0.05, 0) is 30.9 Å². The van der Waals surface area contributed by atoms with E-state index in [1.165, 1.54) is 4.90 Å². The highest BCUT2D eigenvalue weighted by atomic mass is 32.2. The Kier molecular flexibility index (Phi) is 4.93. The van der Waals surface area contributed by atoms with Crippen LogP contribution in [-0.2, 0) is 6.42 Å². The van der Waals surface area contributed by atoms with E-state index in [2.05, 4.69) is 41.2 Å². The maximum absolute atomic E-state index is 5.80. The Bertz CT molecular complexity index is 523. The molecule has 0 saturated heterocycles. The van der Waals surface area contributed by atoms with Gasteiger partial charge in [0.25, 0.3) is 0 Å². The van der Waals surface area contributed by atoms with E-state index in [1.54, 1.807) is 6.20 Å². The van der Waals surface area contributed by atoms with Gasteiger partial charge in [0.15, 0.2) is 5.82 Å². The quantitative estimate of drug-likeness (QED) is 0.850. The van der Waals surface area contributed by atoms with Gasteiger partial charge in [0.05, 0.1) is 0 Å². The topological polar surface area (TPSA) is 51.8 Å². The number of hydrogen-bond acceptors (Lipinski definition) is 4. The van der Waals surface area contributed by atoms with Crippen molar-refractivity contribution in [2.75, 3.05) is 5.75 Å². The highest BCUT2D eigenvalue weighted by Crippen LogP contribution is 2.22. The van der Waals surface area contributed by atoms with Crippen LogP contribution in [-0.4, -0.2) is 21.8 Å². The van der Waals surface area contributed by atoms with Gasteiger partial charge in [-0.3, -0.25) is 0 Å². The third-order valence-electron chi connectivity index (χ3n) is 2.67. The molecule has 0 aliphatic carbocycles. The van der Waals surface area contributed by atoms with Crippen molar-refractivity contribution in [2.45, 2.75) is 31.2 Å². The third-order valence-corrected chi connectivity index (χ3v) is 3.56. The van der Waals surface area contributed by atoms with Crippen LogP contribution in [0.5, 0.6) is 0 Å². The minimum absolute atomic E-state index is 0.117. The molecule has 0 saturated carbocycles. The monoisotopic (exact) mass is 273 g/mol. The summed E-state index contributed by atoms with van der Waals surface area (Å²) >= 11 is 1.83. The van der Waals surface area contributed by atoms with E-state index in [9.17, 15) is 0 Å². The molecule has 1 heterocycles. The average molecular weight is 273 g/mol. The maximum atomic E-state index is 5.80. The standard InChI is InChI=1S/C15H19N3S/c1-3-19-14-6-4-12(5-7-14)15-17-9-8-13(18-15)10-11(2)16/h4-9,11H,3,10,16H2,1-2H3. The van der Waals surface area contributed by atoms with Crippen LogP contribution in [0.3, 0.4) is 0 Å². The van der Waals surface area contributed by atoms with Gasteiger partial charge in [-0.2, -0.15) is 0 Å². The Labute approximate surface area is 118 Å². The van der Waals surface area contributed by atoms with E-state index in [4.69, 9.17) is 5.73 Å². The first-order valence-corrected chi connectivity index (χ1v) is 7.48. The average Bonchev–Trinajstić information content (AvgIpc) is 2.39. The highest BCUT2D eigenvalue weighted by molar-refractivity contribution is 7.99. The number of nitrogens with zero attached hydrogens (tertiary/aromatic N) is 2. The Morgan fingerprint density at radius 2 is 1.95 bits per heavy atom. The third kappa shape index (κ3) is 4.04. The lowest BCUT2D eigenvalue weighted by molar-refractivity contribution is 0.720. The molecule has 0 amide bonds. The molecule has 2 aromatic rings. The number of thioether (sulfide) groups is 1. The van der Waals surface area contributed by atoms with Gasteiger partial charge in [-0.25, -0.2) is 9.97 Å². The molecule has 0 spiro atoms. The van der Waals surface area contributed by atoms with E-state index < -0.39 is 0 Å². The number of rotatable bonds is 5. The first kappa shape index (κ1) is 14.0. The summed E-state index contributed by atoms with van der Waals surface area (Å²) < 4.78 is 0. The minimum atomic E-state index is 0.117. The summed E-state index contributed by atoms with van der Waals surface area (Å²) in [5.74, 6) is 1.85. The summed E-state index contributed by atoms with van der Waals surface area (Å²) in [6.07, 6.45) is 2.58. The van der Waals surface area contributed by atoms with E-state index in [-0.39, 0.29) is 6.04 Å². The summed E-state index contributed by atoms with van der Waals surface area (Å²) in [6, 6.07) is 10.4. The van der Waals surface area contributed by atoms with Crippen molar-refractivity contribution in [3.63, 3.8) is 0 Å². The molecule has 100 valence electrons. The van der Waals surface area contributed by atoms with Gasteiger partial charge >= 0.3 is 0 Å². The number of nitrogens with two attached hydrogens (primary N) is 1. The van der Waals surface area contributed by atoms with Crippen molar-refractivity contribution in [1.82, 2.24) is 9.97 Å². The van der Waals surface area contributed by atoms with Crippen LogP contribution in [0, 0.1) is 0 Å². The zero-order valence-corrected chi connectivity index (χ0v) is 12.2. The zero-order valence-electron chi connectivity index (χ0n) is 11.3. The van der Waals surface area contributed by atoms with E-state index >= 15 is 0 Å². The number of aromatic nitrogens is 2. The van der Waals surface area contributed by atoms with Crippen molar-refractivity contribution in [3.8, 4) is 11.4 Å². The molecule has 1 aromatic carbocycles. The van der Waals surface area contributed by atoms with E-state index in [0.717, 1.165) is 29.3 Å². The van der Waals surface area contributed by atoms with E-state index in [0.29, 0.717) is 0 Å². The molecule has 0 aliphatic rings. The van der Waals surface area contributed by atoms with Gasteiger partial charge in [-0.1, -0.05) is 19.1 Å². The van der Waals surface area contributed by atoms with Crippen LogP contribution < -0.4 is 5.73 Å². The normalized spacial score (nSPS) is 12.4. The van der Waals surface area contributed by atoms with Crippen molar-refractivity contribution >= 4 is 11.8 Å². The second-order valence-electron chi connectivity index (χ2n) is 4.51. The molecular formula is C15H19N3S. The lowest BCUT2D eigenvalue weighted by atomic mass is 10.1. The van der Waals surface area contributed by atoms with Crippen LogP contribution in [0.25, 0.3) is 11.4 Å². The van der Waals surface area contributed by atoms with E-state index in [1.807, 2.05) is 24.8 Å². The van der Waals surface area contributed by atoms with Gasteiger partial charge in [0, 0.05) is 34.8 Å². The molecule has 0 radical (unpaired) electrons. The molecule has 1 atom stereocenters. The molecule has 0 aliphatic heterocycles. The largest absolute Gasteiger partial charge is 0.328 e. The molecule has 0 fully saturated rings. The highest BCUT2D eigenvalue weighted by Gasteiger charge is 2.04. The summed E-state index contributed by atoms with van der Waals surface area (Å²) in [7, 11) is 0. The fraction of sp³-hybridized carbons (Fsp3) is 0.333. The number of benzene rings is 1. The van der Waals surface area contributed by atoms with Crippen molar-refractivity contribution in [3.05, 3.63) is 42.2 Å².